The summed E-state index contributed by atoms with van der Waals surface area (Å²) in [7, 11) is 0. The van der Waals surface area contributed by atoms with Crippen molar-refractivity contribution in [3.8, 4) is 0 Å². The van der Waals surface area contributed by atoms with Crippen molar-refractivity contribution in [2.24, 2.45) is 5.16 Å². The second-order valence-electron chi connectivity index (χ2n) is 7.09. The number of fused-ring (bicyclic) bond motifs is 1. The van der Waals surface area contributed by atoms with E-state index in [1.54, 1.807) is 12.3 Å². The number of β-lactam (4-membered cyclic amide) rings is 1. The van der Waals surface area contributed by atoms with Gasteiger partial charge < -0.3 is 21.0 Å². The fraction of sp³-hybridized carbons (Fsp3) is 0.300. The van der Waals surface area contributed by atoms with Crippen LogP contribution >= 0.6 is 23.1 Å². The number of hydrogen-bond donors (Lipinski definition) is 3. The molecule has 0 saturated carbocycles. The maximum Gasteiger partial charge on any atom is 0.352 e. The van der Waals surface area contributed by atoms with Gasteiger partial charge in [-0.15, -0.1) is 23.1 Å². The van der Waals surface area contributed by atoms with Crippen LogP contribution in [0.15, 0.2) is 52.4 Å². The van der Waals surface area contributed by atoms with E-state index in [0.29, 0.717) is 17.9 Å². The highest BCUT2D eigenvalue weighted by atomic mass is 32.2. The van der Waals surface area contributed by atoms with Crippen LogP contribution in [0.25, 0.3) is 0 Å². The first-order chi connectivity index (χ1) is 15.9. The number of pyridine rings is 1. The van der Waals surface area contributed by atoms with Crippen LogP contribution in [-0.4, -0.2) is 62.3 Å². The van der Waals surface area contributed by atoms with E-state index in [1.165, 1.54) is 16.7 Å². The summed E-state index contributed by atoms with van der Waals surface area (Å²) in [6.45, 7) is 2.30. The summed E-state index contributed by atoms with van der Waals surface area (Å²) in [5.41, 5.74) is 6.37. The number of anilines is 1. The third-order valence-corrected chi connectivity index (χ3v) is 6.97. The van der Waals surface area contributed by atoms with Gasteiger partial charge in [-0.05, 0) is 6.92 Å². The van der Waals surface area contributed by atoms with Gasteiger partial charge >= 0.3 is 5.97 Å². The Morgan fingerprint density at radius 2 is 2.15 bits per heavy atom. The molecule has 1 fully saturated rings. The number of hydrogen-bond acceptors (Lipinski definition) is 9. The summed E-state index contributed by atoms with van der Waals surface area (Å²) in [5.74, 6) is -1.92. The Kier molecular flexibility index (Phi) is 6.60. The minimum atomic E-state index is -1.18. The lowest BCUT2D eigenvalue weighted by atomic mass is 10.0. The maximum atomic E-state index is 12.9. The van der Waals surface area contributed by atoms with Crippen LogP contribution in [0.1, 0.15) is 12.6 Å². The molecule has 33 heavy (non-hydrogen) atoms. The van der Waals surface area contributed by atoms with Gasteiger partial charge in [0.25, 0.3) is 11.8 Å². The molecular formula is C20H21N6O5S2+. The van der Waals surface area contributed by atoms with E-state index in [1.807, 2.05) is 35.2 Å². The fourth-order valence-electron chi connectivity index (χ4n) is 3.50. The lowest BCUT2D eigenvalue weighted by molar-refractivity contribution is -0.689. The number of rotatable bonds is 8. The highest BCUT2D eigenvalue weighted by molar-refractivity contribution is 8.00. The SMILES string of the molecule is CCO/N=C(\C(=O)NC1C(=O)N2C(C(=O)O)=C(C[n+]3ccccc3)CS[C@H]12)c1csc(N)n1. The van der Waals surface area contributed by atoms with Crippen LogP contribution in [0, 0.1) is 0 Å². The summed E-state index contributed by atoms with van der Waals surface area (Å²) in [6.07, 6.45) is 3.66. The van der Waals surface area contributed by atoms with Crippen molar-refractivity contribution in [2.75, 3.05) is 18.1 Å². The lowest BCUT2D eigenvalue weighted by Crippen LogP contribution is -2.71. The largest absolute Gasteiger partial charge is 0.477 e. The highest BCUT2D eigenvalue weighted by Crippen LogP contribution is 2.40. The van der Waals surface area contributed by atoms with E-state index in [9.17, 15) is 19.5 Å². The molecule has 0 bridgehead atoms. The normalized spacial score (nSPS) is 20.2. The van der Waals surface area contributed by atoms with E-state index in [-0.39, 0.29) is 28.8 Å². The maximum absolute atomic E-state index is 12.9. The second kappa shape index (κ2) is 9.58. The number of nitrogens with one attached hydrogen (secondary N) is 1. The van der Waals surface area contributed by atoms with Gasteiger partial charge in [0, 0.05) is 28.8 Å². The number of carboxylic acids is 1. The van der Waals surface area contributed by atoms with E-state index < -0.39 is 29.2 Å². The van der Waals surface area contributed by atoms with Gasteiger partial charge in [-0.2, -0.15) is 0 Å². The van der Waals surface area contributed by atoms with Crippen molar-refractivity contribution >= 4 is 51.7 Å². The topological polar surface area (TPSA) is 151 Å². The molecular weight excluding hydrogens is 468 g/mol. The molecule has 4 rings (SSSR count). The molecule has 4 heterocycles. The van der Waals surface area contributed by atoms with Gasteiger partial charge in [-0.3, -0.25) is 14.5 Å². The Hall–Kier alpha value is -3.45. The van der Waals surface area contributed by atoms with Gasteiger partial charge in [0.15, 0.2) is 29.8 Å². The monoisotopic (exact) mass is 489 g/mol. The van der Waals surface area contributed by atoms with Crippen LogP contribution in [0.5, 0.6) is 0 Å². The molecule has 0 spiro atoms. The van der Waals surface area contributed by atoms with Crippen molar-refractivity contribution in [2.45, 2.75) is 24.9 Å². The molecule has 11 nitrogen and oxygen atoms in total. The number of thiazole rings is 1. The van der Waals surface area contributed by atoms with Crippen molar-refractivity contribution < 1.29 is 28.9 Å². The summed E-state index contributed by atoms with van der Waals surface area (Å²) < 4.78 is 1.85. The molecule has 1 saturated heterocycles. The molecule has 2 aromatic heterocycles. The molecule has 13 heteroatoms. The average Bonchev–Trinajstić information content (AvgIpc) is 3.23. The Balaban J connectivity index is 1.53. The number of carbonyl (C=O) groups excluding carboxylic acids is 2. The third kappa shape index (κ3) is 4.54. The van der Waals surface area contributed by atoms with Crippen LogP contribution in [0.2, 0.25) is 0 Å². The first kappa shape index (κ1) is 22.7. The second-order valence-corrected chi connectivity index (χ2v) is 9.09. The number of aromatic nitrogens is 2. The van der Waals surface area contributed by atoms with Crippen molar-refractivity contribution in [1.82, 2.24) is 15.2 Å². The fourth-order valence-corrected chi connectivity index (χ4v) is 5.39. The molecule has 172 valence electrons. The first-order valence-corrected chi connectivity index (χ1v) is 11.9. The molecule has 2 aliphatic rings. The Morgan fingerprint density at radius 1 is 1.39 bits per heavy atom. The molecule has 0 radical (unpaired) electrons. The number of thioether (sulfide) groups is 1. The highest BCUT2D eigenvalue weighted by Gasteiger charge is 2.54. The molecule has 2 atom stereocenters. The van der Waals surface area contributed by atoms with Crippen LogP contribution in [0.4, 0.5) is 5.13 Å². The molecule has 2 aliphatic heterocycles. The van der Waals surface area contributed by atoms with E-state index in [4.69, 9.17) is 10.6 Å². The summed E-state index contributed by atoms with van der Waals surface area (Å²) in [5, 5.41) is 17.6. The number of oxime groups is 1. The summed E-state index contributed by atoms with van der Waals surface area (Å²) >= 11 is 2.54. The lowest BCUT2D eigenvalue weighted by Gasteiger charge is -2.49. The predicted molar refractivity (Wildman–Crippen MR) is 121 cm³/mol. The molecule has 0 aliphatic carbocycles. The molecule has 0 aromatic carbocycles. The van der Waals surface area contributed by atoms with Crippen LogP contribution < -0.4 is 15.6 Å². The van der Waals surface area contributed by atoms with Crippen molar-refractivity contribution in [1.29, 1.82) is 0 Å². The zero-order valence-corrected chi connectivity index (χ0v) is 19.1. The number of aliphatic carboxylic acids is 1. The van der Waals surface area contributed by atoms with Gasteiger partial charge in [0.1, 0.15) is 29.4 Å². The zero-order valence-electron chi connectivity index (χ0n) is 17.5. The van der Waals surface area contributed by atoms with Crippen molar-refractivity contribution in [3.05, 3.63) is 52.9 Å². The number of nitrogen functional groups attached to an aromatic ring is 1. The summed E-state index contributed by atoms with van der Waals surface area (Å²) in [4.78, 5) is 48.1. The molecule has 2 amide bonds. The van der Waals surface area contributed by atoms with Crippen LogP contribution in [0.3, 0.4) is 0 Å². The number of nitrogens with two attached hydrogens (primary N) is 1. The summed E-state index contributed by atoms with van der Waals surface area (Å²) in [6, 6.07) is 4.66. The first-order valence-electron chi connectivity index (χ1n) is 9.97. The Morgan fingerprint density at radius 3 is 2.79 bits per heavy atom. The molecule has 4 N–H and O–H groups in total. The minimum Gasteiger partial charge on any atom is -0.477 e. The minimum absolute atomic E-state index is 0.0407. The van der Waals surface area contributed by atoms with E-state index >= 15 is 0 Å². The third-order valence-electron chi connectivity index (χ3n) is 4.95. The van der Waals surface area contributed by atoms with E-state index in [0.717, 1.165) is 11.3 Å². The number of carboxylic acid groups (broad SMARTS) is 1. The smallest absolute Gasteiger partial charge is 0.352 e. The van der Waals surface area contributed by atoms with E-state index in [2.05, 4.69) is 15.5 Å². The van der Waals surface area contributed by atoms with Crippen LogP contribution in [-0.2, 0) is 25.8 Å². The van der Waals surface area contributed by atoms with Gasteiger partial charge in [-0.25, -0.2) is 14.3 Å². The standard InChI is InChI=1S/C20H20N6O5S2/c1-2-31-24-13(12-10-33-20(21)22-12)16(27)23-14-17(28)26-15(19(29)30)11(9-32-18(14)26)8-25-6-4-3-5-7-25/h3-7,10,14,18H,2,8-9H2,1H3,(H3-,21,22,23,27,29,30)/p+1/b24-13-/t14?,18-/m1/s1. The van der Waals surface area contributed by atoms with Gasteiger partial charge in [0.05, 0.1) is 0 Å². The number of amides is 2. The molecule has 2 aromatic rings. The van der Waals surface area contributed by atoms with Gasteiger partial charge in [0.2, 0.25) is 0 Å². The Labute approximate surface area is 196 Å². The van der Waals surface area contributed by atoms with Crippen molar-refractivity contribution in [3.63, 3.8) is 0 Å². The Bertz CT molecular complexity index is 1150. The van der Waals surface area contributed by atoms with Gasteiger partial charge in [-0.1, -0.05) is 11.2 Å². The number of carbonyl (C=O) groups is 3. The molecule has 1 unspecified atom stereocenters. The average molecular weight is 490 g/mol. The predicted octanol–water partition coefficient (Wildman–Crippen LogP) is 0.192. The quantitative estimate of drug-likeness (QED) is 0.206. The zero-order chi connectivity index (χ0) is 23.5. The number of nitrogens with zero attached hydrogens (tertiary/aromatic N) is 4.